The van der Waals surface area contributed by atoms with Crippen molar-refractivity contribution in [1.82, 2.24) is 14.8 Å². The molecule has 0 bridgehead atoms. The molecule has 0 saturated heterocycles. The topological polar surface area (TPSA) is 66.5 Å². The van der Waals surface area contributed by atoms with E-state index in [1.807, 2.05) is 29.1 Å². The predicted molar refractivity (Wildman–Crippen MR) is 64.3 cm³/mol. The summed E-state index contributed by atoms with van der Waals surface area (Å²) in [5.74, 6) is 0. The Hall–Kier alpha value is -2.35. The van der Waals surface area contributed by atoms with E-state index in [2.05, 4.69) is 15.4 Å². The number of anilines is 1. The van der Waals surface area contributed by atoms with Gasteiger partial charge in [0.2, 0.25) is 0 Å². The van der Waals surface area contributed by atoms with Crippen molar-refractivity contribution in [2.24, 2.45) is 0 Å². The maximum absolute atomic E-state index is 8.71. The van der Waals surface area contributed by atoms with Gasteiger partial charge in [-0.05, 0) is 24.6 Å². The van der Waals surface area contributed by atoms with Gasteiger partial charge in [-0.1, -0.05) is 0 Å². The molecule has 0 unspecified atom stereocenters. The van der Waals surface area contributed by atoms with Gasteiger partial charge in [-0.25, -0.2) is 4.98 Å². The summed E-state index contributed by atoms with van der Waals surface area (Å²) in [5, 5.41) is 16.1. The van der Waals surface area contributed by atoms with Crippen LogP contribution in [0.4, 0.5) is 5.69 Å². The first-order valence-electron chi connectivity index (χ1n) is 5.46. The Morgan fingerprint density at radius 1 is 1.41 bits per heavy atom. The Kier molecular flexibility index (Phi) is 3.71. The first kappa shape index (κ1) is 11.1. The second kappa shape index (κ2) is 5.66. The molecule has 0 aliphatic rings. The highest BCUT2D eigenvalue weighted by molar-refractivity contribution is 5.45. The average molecular weight is 227 g/mol. The number of nitriles is 1. The number of hydrogen-bond donors (Lipinski definition) is 1. The summed E-state index contributed by atoms with van der Waals surface area (Å²) in [5.41, 5.74) is 1.36. The van der Waals surface area contributed by atoms with E-state index in [1.165, 1.54) is 0 Å². The lowest BCUT2D eigenvalue weighted by Gasteiger charge is -2.06. The highest BCUT2D eigenvalue weighted by atomic mass is 15.3. The molecule has 2 heterocycles. The normalized spacial score (nSPS) is 9.82. The van der Waals surface area contributed by atoms with Crippen LogP contribution in [-0.2, 0) is 6.54 Å². The number of nitrogens with one attached hydrogen (secondary N) is 1. The summed E-state index contributed by atoms with van der Waals surface area (Å²) in [6.45, 7) is 1.73. The van der Waals surface area contributed by atoms with Crippen LogP contribution in [0.25, 0.3) is 0 Å². The highest BCUT2D eigenvalue weighted by Crippen LogP contribution is 2.06. The molecule has 0 spiro atoms. The summed E-state index contributed by atoms with van der Waals surface area (Å²) in [6.07, 6.45) is 6.33. The maximum atomic E-state index is 8.71. The van der Waals surface area contributed by atoms with Crippen LogP contribution >= 0.6 is 0 Å². The van der Waals surface area contributed by atoms with Crippen LogP contribution < -0.4 is 5.32 Å². The molecular formula is C12H13N5. The number of nitrogens with zero attached hydrogens (tertiary/aromatic N) is 4. The van der Waals surface area contributed by atoms with Crippen molar-refractivity contribution in [3.05, 3.63) is 42.5 Å². The number of rotatable bonds is 5. The largest absolute Gasteiger partial charge is 0.385 e. The van der Waals surface area contributed by atoms with Gasteiger partial charge in [0.15, 0.2) is 0 Å². The Labute approximate surface area is 99.7 Å². The molecule has 17 heavy (non-hydrogen) atoms. The third-order valence-corrected chi connectivity index (χ3v) is 2.33. The molecule has 0 saturated carbocycles. The van der Waals surface area contributed by atoms with E-state index in [0.717, 1.165) is 25.2 Å². The van der Waals surface area contributed by atoms with Crippen LogP contribution in [0.5, 0.6) is 0 Å². The van der Waals surface area contributed by atoms with Crippen molar-refractivity contribution in [1.29, 1.82) is 5.26 Å². The van der Waals surface area contributed by atoms with Crippen molar-refractivity contribution in [2.45, 2.75) is 13.0 Å². The van der Waals surface area contributed by atoms with Gasteiger partial charge in [-0.15, -0.1) is 0 Å². The quantitative estimate of drug-likeness (QED) is 0.789. The van der Waals surface area contributed by atoms with Crippen molar-refractivity contribution in [3.8, 4) is 6.07 Å². The summed E-state index contributed by atoms with van der Waals surface area (Å²) in [6, 6.07) is 7.53. The van der Waals surface area contributed by atoms with Crippen molar-refractivity contribution < 1.29 is 0 Å². The molecule has 2 aromatic rings. The van der Waals surface area contributed by atoms with Gasteiger partial charge in [-0.2, -0.15) is 10.4 Å². The monoisotopic (exact) mass is 227 g/mol. The summed E-state index contributed by atoms with van der Waals surface area (Å²) >= 11 is 0. The summed E-state index contributed by atoms with van der Waals surface area (Å²) < 4.78 is 1.90. The molecule has 5 nitrogen and oxygen atoms in total. The van der Waals surface area contributed by atoms with Crippen LogP contribution in [0.15, 0.2) is 36.8 Å². The van der Waals surface area contributed by atoms with Crippen LogP contribution in [0, 0.1) is 11.3 Å². The summed E-state index contributed by atoms with van der Waals surface area (Å²) in [7, 11) is 0. The minimum Gasteiger partial charge on any atom is -0.385 e. The number of aryl methyl sites for hydroxylation is 1. The molecule has 1 N–H and O–H groups in total. The second-order valence-electron chi connectivity index (χ2n) is 3.59. The van der Waals surface area contributed by atoms with Crippen LogP contribution in [0.3, 0.4) is 0 Å². The predicted octanol–water partition coefficient (Wildman–Crippen LogP) is 1.65. The SMILES string of the molecule is N#Cc1cc(NCCCn2cccn2)ccn1. The molecule has 2 rings (SSSR count). The van der Waals surface area contributed by atoms with Crippen LogP contribution in [-0.4, -0.2) is 21.3 Å². The Balaban J connectivity index is 1.76. The van der Waals surface area contributed by atoms with E-state index in [4.69, 9.17) is 5.26 Å². The molecule has 0 radical (unpaired) electrons. The summed E-state index contributed by atoms with van der Waals surface area (Å²) in [4.78, 5) is 3.91. The smallest absolute Gasteiger partial charge is 0.142 e. The van der Waals surface area contributed by atoms with Gasteiger partial charge < -0.3 is 5.32 Å². The maximum Gasteiger partial charge on any atom is 0.142 e. The second-order valence-corrected chi connectivity index (χ2v) is 3.59. The molecule has 5 heteroatoms. The molecule has 0 amide bonds. The van der Waals surface area contributed by atoms with E-state index in [0.29, 0.717) is 5.69 Å². The third kappa shape index (κ3) is 3.31. The first-order valence-corrected chi connectivity index (χ1v) is 5.46. The van der Waals surface area contributed by atoms with Crippen molar-refractivity contribution in [3.63, 3.8) is 0 Å². The average Bonchev–Trinajstić information content (AvgIpc) is 2.88. The lowest BCUT2D eigenvalue weighted by atomic mass is 10.3. The van der Waals surface area contributed by atoms with E-state index in [-0.39, 0.29) is 0 Å². The fourth-order valence-corrected chi connectivity index (χ4v) is 1.51. The van der Waals surface area contributed by atoms with Gasteiger partial charge in [0.05, 0.1) is 0 Å². The number of pyridine rings is 1. The van der Waals surface area contributed by atoms with Gasteiger partial charge in [0.25, 0.3) is 0 Å². The van der Waals surface area contributed by atoms with Gasteiger partial charge >= 0.3 is 0 Å². The fraction of sp³-hybridized carbons (Fsp3) is 0.250. The standard InChI is InChI=1S/C12H13N5/c13-10-12-9-11(3-6-15-12)14-4-1-7-17-8-2-5-16-17/h2-3,5-6,8-9H,1,4,7H2,(H,14,15). The van der Waals surface area contributed by atoms with Gasteiger partial charge in [0, 0.05) is 37.4 Å². The van der Waals surface area contributed by atoms with Gasteiger partial charge in [-0.3, -0.25) is 4.68 Å². The van der Waals surface area contributed by atoms with Crippen LogP contribution in [0.2, 0.25) is 0 Å². The lowest BCUT2D eigenvalue weighted by Crippen LogP contribution is -2.07. The molecule has 0 atom stereocenters. The van der Waals surface area contributed by atoms with Crippen molar-refractivity contribution >= 4 is 5.69 Å². The minimum absolute atomic E-state index is 0.432. The zero-order valence-electron chi connectivity index (χ0n) is 9.37. The molecule has 0 aromatic carbocycles. The molecule has 2 aromatic heterocycles. The first-order chi connectivity index (χ1) is 8.38. The van der Waals surface area contributed by atoms with E-state index in [9.17, 15) is 0 Å². The Morgan fingerprint density at radius 2 is 2.35 bits per heavy atom. The van der Waals surface area contributed by atoms with Gasteiger partial charge in [0.1, 0.15) is 11.8 Å². The molecule has 0 fully saturated rings. The number of hydrogen-bond acceptors (Lipinski definition) is 4. The molecule has 0 aliphatic heterocycles. The van der Waals surface area contributed by atoms with Crippen molar-refractivity contribution in [2.75, 3.05) is 11.9 Å². The fourth-order valence-electron chi connectivity index (χ4n) is 1.51. The van der Waals surface area contributed by atoms with E-state index < -0.39 is 0 Å². The molecule has 86 valence electrons. The lowest BCUT2D eigenvalue weighted by molar-refractivity contribution is 0.592. The Bertz CT molecular complexity index is 498. The zero-order chi connectivity index (χ0) is 11.9. The molecule has 0 aliphatic carbocycles. The van der Waals surface area contributed by atoms with E-state index in [1.54, 1.807) is 18.5 Å². The van der Waals surface area contributed by atoms with E-state index >= 15 is 0 Å². The Morgan fingerprint density at radius 3 is 3.12 bits per heavy atom. The third-order valence-electron chi connectivity index (χ3n) is 2.33. The number of aromatic nitrogens is 3. The highest BCUT2D eigenvalue weighted by Gasteiger charge is 1.95. The minimum atomic E-state index is 0.432. The zero-order valence-corrected chi connectivity index (χ0v) is 9.37. The van der Waals surface area contributed by atoms with Crippen LogP contribution in [0.1, 0.15) is 12.1 Å². The molecular weight excluding hydrogens is 214 g/mol.